The van der Waals surface area contributed by atoms with Crippen molar-refractivity contribution in [1.29, 1.82) is 5.26 Å². The number of rotatable bonds is 3. The number of ether oxygens (including phenoxy) is 1. The Kier molecular flexibility index (Phi) is 4.01. The van der Waals surface area contributed by atoms with Crippen molar-refractivity contribution in [2.24, 2.45) is 0 Å². The van der Waals surface area contributed by atoms with E-state index in [1.54, 1.807) is 19.1 Å². The van der Waals surface area contributed by atoms with Crippen LogP contribution in [-0.2, 0) is 0 Å². The molecule has 0 amide bonds. The number of benzene rings is 2. The summed E-state index contributed by atoms with van der Waals surface area (Å²) in [6.45, 7) is 1.78. The largest absolute Gasteiger partial charge is 0.478 e. The van der Waals surface area contributed by atoms with E-state index in [-0.39, 0.29) is 22.0 Å². The summed E-state index contributed by atoms with van der Waals surface area (Å²) in [4.78, 5) is 11.3. The standard InChI is InChI=1S/C15H11ClN2O3/c1-8-2-3-9(7-17)4-13(8)21-14-11(15(19)20)5-10(18)6-12(14)16/h2-6H,18H2,1H3,(H,19,20). The maximum absolute atomic E-state index is 11.3. The van der Waals surface area contributed by atoms with Gasteiger partial charge in [-0.2, -0.15) is 5.26 Å². The third-order valence-electron chi connectivity index (χ3n) is 2.83. The number of nitrogens with two attached hydrogens (primary N) is 1. The fourth-order valence-electron chi connectivity index (χ4n) is 1.77. The maximum Gasteiger partial charge on any atom is 0.339 e. The highest BCUT2D eigenvalue weighted by atomic mass is 35.5. The Morgan fingerprint density at radius 1 is 1.38 bits per heavy atom. The second-order valence-electron chi connectivity index (χ2n) is 4.38. The number of nitrogen functional groups attached to an aromatic ring is 1. The number of anilines is 1. The lowest BCUT2D eigenvalue weighted by molar-refractivity contribution is 0.0694. The summed E-state index contributed by atoms with van der Waals surface area (Å²) in [7, 11) is 0. The van der Waals surface area contributed by atoms with Crippen LogP contribution >= 0.6 is 11.6 Å². The first-order valence-electron chi connectivity index (χ1n) is 5.93. The van der Waals surface area contributed by atoms with E-state index in [0.717, 1.165) is 5.56 Å². The quantitative estimate of drug-likeness (QED) is 0.844. The predicted octanol–water partition coefficient (Wildman–Crippen LogP) is 3.59. The molecule has 0 aromatic heterocycles. The Morgan fingerprint density at radius 2 is 2.10 bits per heavy atom. The highest BCUT2D eigenvalue weighted by Gasteiger charge is 2.18. The third kappa shape index (κ3) is 3.07. The van der Waals surface area contributed by atoms with Crippen molar-refractivity contribution < 1.29 is 14.6 Å². The van der Waals surface area contributed by atoms with Crippen molar-refractivity contribution in [2.75, 3.05) is 5.73 Å². The first-order valence-corrected chi connectivity index (χ1v) is 6.31. The van der Waals surface area contributed by atoms with E-state index in [1.165, 1.54) is 18.2 Å². The number of halogens is 1. The van der Waals surface area contributed by atoms with Crippen molar-refractivity contribution in [3.8, 4) is 17.6 Å². The van der Waals surface area contributed by atoms with Crippen LogP contribution in [0.15, 0.2) is 30.3 Å². The molecule has 0 atom stereocenters. The van der Waals surface area contributed by atoms with E-state index < -0.39 is 5.97 Å². The van der Waals surface area contributed by atoms with Gasteiger partial charge in [-0.15, -0.1) is 0 Å². The van der Waals surface area contributed by atoms with Gasteiger partial charge < -0.3 is 15.6 Å². The van der Waals surface area contributed by atoms with E-state index in [4.69, 9.17) is 27.3 Å². The number of hydrogen-bond acceptors (Lipinski definition) is 4. The summed E-state index contributed by atoms with van der Waals surface area (Å²) in [5.41, 5.74) is 6.83. The zero-order chi connectivity index (χ0) is 15.6. The lowest BCUT2D eigenvalue weighted by Crippen LogP contribution is -2.03. The Labute approximate surface area is 126 Å². The molecule has 0 saturated carbocycles. The summed E-state index contributed by atoms with van der Waals surface area (Å²) in [5, 5.41) is 18.2. The van der Waals surface area contributed by atoms with Crippen molar-refractivity contribution >= 4 is 23.3 Å². The number of aromatic carboxylic acids is 1. The summed E-state index contributed by atoms with van der Waals surface area (Å²) >= 11 is 6.02. The van der Waals surface area contributed by atoms with Gasteiger partial charge in [-0.25, -0.2) is 4.79 Å². The van der Waals surface area contributed by atoms with Gasteiger partial charge in [0.15, 0.2) is 5.75 Å². The number of nitrogens with zero attached hydrogens (tertiary/aromatic N) is 1. The molecular weight excluding hydrogens is 292 g/mol. The number of carboxylic acid groups (broad SMARTS) is 1. The molecule has 0 bridgehead atoms. The zero-order valence-electron chi connectivity index (χ0n) is 11.1. The molecule has 0 spiro atoms. The van der Waals surface area contributed by atoms with Gasteiger partial charge >= 0.3 is 5.97 Å². The smallest absolute Gasteiger partial charge is 0.339 e. The van der Waals surface area contributed by atoms with Crippen LogP contribution in [0.1, 0.15) is 21.5 Å². The molecule has 0 aliphatic heterocycles. The van der Waals surface area contributed by atoms with Crippen LogP contribution in [0.2, 0.25) is 5.02 Å². The van der Waals surface area contributed by atoms with Crippen molar-refractivity contribution in [2.45, 2.75) is 6.92 Å². The molecule has 0 unspecified atom stereocenters. The SMILES string of the molecule is Cc1ccc(C#N)cc1Oc1c(Cl)cc(N)cc1C(=O)O. The Hall–Kier alpha value is -2.71. The molecule has 0 fully saturated rings. The van der Waals surface area contributed by atoms with Gasteiger partial charge in [-0.1, -0.05) is 17.7 Å². The van der Waals surface area contributed by atoms with Crippen LogP contribution in [0.3, 0.4) is 0 Å². The van der Waals surface area contributed by atoms with Gasteiger partial charge in [-0.05, 0) is 36.8 Å². The Morgan fingerprint density at radius 3 is 2.71 bits per heavy atom. The number of carbonyl (C=O) groups is 1. The number of hydrogen-bond donors (Lipinski definition) is 2. The average Bonchev–Trinajstić information content (AvgIpc) is 2.43. The van der Waals surface area contributed by atoms with Gasteiger partial charge in [0.2, 0.25) is 0 Å². The predicted molar refractivity (Wildman–Crippen MR) is 78.8 cm³/mol. The second-order valence-corrected chi connectivity index (χ2v) is 4.79. The molecule has 106 valence electrons. The molecule has 0 heterocycles. The highest BCUT2D eigenvalue weighted by Crippen LogP contribution is 2.36. The Bertz CT molecular complexity index is 766. The van der Waals surface area contributed by atoms with Crippen LogP contribution in [0.4, 0.5) is 5.69 Å². The molecule has 2 aromatic rings. The topological polar surface area (TPSA) is 96.3 Å². The molecule has 0 aliphatic rings. The molecule has 0 radical (unpaired) electrons. The van der Waals surface area contributed by atoms with E-state index in [1.807, 2.05) is 6.07 Å². The molecule has 21 heavy (non-hydrogen) atoms. The molecule has 0 aliphatic carbocycles. The molecule has 0 saturated heterocycles. The highest BCUT2D eigenvalue weighted by molar-refractivity contribution is 6.33. The summed E-state index contributed by atoms with van der Waals surface area (Å²) in [6, 6.07) is 9.55. The minimum atomic E-state index is -1.20. The average molecular weight is 303 g/mol. The number of aryl methyl sites for hydroxylation is 1. The minimum absolute atomic E-state index is 0.00319. The first kappa shape index (κ1) is 14.7. The normalized spacial score (nSPS) is 9.95. The summed E-state index contributed by atoms with van der Waals surface area (Å²) in [5.74, 6) is -0.840. The van der Waals surface area contributed by atoms with Crippen molar-refractivity contribution in [3.05, 3.63) is 52.0 Å². The van der Waals surface area contributed by atoms with Crippen LogP contribution < -0.4 is 10.5 Å². The molecule has 2 aromatic carbocycles. The summed E-state index contributed by atoms with van der Waals surface area (Å²) in [6.07, 6.45) is 0. The molecular formula is C15H11ClN2O3. The molecule has 2 rings (SSSR count). The van der Waals surface area contributed by atoms with Gasteiger partial charge in [0.1, 0.15) is 11.3 Å². The monoisotopic (exact) mass is 302 g/mol. The van der Waals surface area contributed by atoms with Gasteiger partial charge in [-0.3, -0.25) is 0 Å². The molecule has 5 nitrogen and oxygen atoms in total. The third-order valence-corrected chi connectivity index (χ3v) is 3.11. The van der Waals surface area contributed by atoms with Gasteiger partial charge in [0, 0.05) is 5.69 Å². The molecule has 6 heteroatoms. The minimum Gasteiger partial charge on any atom is -0.478 e. The van der Waals surface area contributed by atoms with Crippen molar-refractivity contribution in [3.63, 3.8) is 0 Å². The van der Waals surface area contributed by atoms with Crippen molar-refractivity contribution in [1.82, 2.24) is 0 Å². The van der Waals surface area contributed by atoms with Gasteiger partial charge in [0.05, 0.1) is 16.7 Å². The fourth-order valence-corrected chi connectivity index (χ4v) is 2.03. The second kappa shape index (κ2) is 5.73. The first-order chi connectivity index (χ1) is 9.92. The Balaban J connectivity index is 2.54. The fraction of sp³-hybridized carbons (Fsp3) is 0.0667. The van der Waals surface area contributed by atoms with Gasteiger partial charge in [0.25, 0.3) is 0 Å². The van der Waals surface area contributed by atoms with E-state index in [9.17, 15) is 9.90 Å². The van der Waals surface area contributed by atoms with E-state index in [2.05, 4.69) is 0 Å². The number of nitriles is 1. The van der Waals surface area contributed by atoms with Crippen LogP contribution in [0.25, 0.3) is 0 Å². The lowest BCUT2D eigenvalue weighted by Gasteiger charge is -2.13. The van der Waals surface area contributed by atoms with E-state index >= 15 is 0 Å². The summed E-state index contributed by atoms with van der Waals surface area (Å²) < 4.78 is 5.61. The lowest BCUT2D eigenvalue weighted by atomic mass is 10.1. The number of carboxylic acids is 1. The van der Waals surface area contributed by atoms with Crippen LogP contribution in [-0.4, -0.2) is 11.1 Å². The molecule has 3 N–H and O–H groups in total. The maximum atomic E-state index is 11.3. The van der Waals surface area contributed by atoms with Crippen LogP contribution in [0.5, 0.6) is 11.5 Å². The zero-order valence-corrected chi connectivity index (χ0v) is 11.8. The van der Waals surface area contributed by atoms with E-state index in [0.29, 0.717) is 11.3 Å². The van der Waals surface area contributed by atoms with Crippen LogP contribution in [0, 0.1) is 18.3 Å².